The fourth-order valence-corrected chi connectivity index (χ4v) is 2.39. The van der Waals surface area contributed by atoms with Crippen molar-refractivity contribution >= 4 is 28.7 Å². The fraction of sp³-hybridized carbons (Fsp3) is 0.615. The molecule has 0 atom stereocenters. The van der Waals surface area contributed by atoms with Crippen LogP contribution in [0.3, 0.4) is 0 Å². The highest BCUT2D eigenvalue weighted by molar-refractivity contribution is 6.16. The molecule has 0 aliphatic carbocycles. The van der Waals surface area contributed by atoms with Gasteiger partial charge in [-0.2, -0.15) is 5.10 Å². The van der Waals surface area contributed by atoms with Crippen LogP contribution in [0, 0.1) is 6.92 Å². The van der Waals surface area contributed by atoms with Crippen molar-refractivity contribution < 1.29 is 4.79 Å². The Labute approximate surface area is 123 Å². The van der Waals surface area contributed by atoms with Crippen LogP contribution in [-0.4, -0.2) is 43.7 Å². The van der Waals surface area contributed by atoms with Gasteiger partial charge in [-0.25, -0.2) is 9.67 Å². The number of carbonyl (C=O) groups excluding carboxylic acids is 1. The van der Waals surface area contributed by atoms with Crippen molar-refractivity contribution in [1.82, 2.24) is 24.2 Å². The predicted molar refractivity (Wildman–Crippen MR) is 78.8 cm³/mol. The molecule has 0 fully saturated rings. The lowest BCUT2D eigenvalue weighted by Gasteiger charge is -2.16. The van der Waals surface area contributed by atoms with Gasteiger partial charge in [-0.15, -0.1) is 11.6 Å². The molecule has 0 spiro atoms. The normalized spacial score (nSPS) is 11.2. The Morgan fingerprint density at radius 3 is 2.65 bits per heavy atom. The van der Waals surface area contributed by atoms with E-state index in [1.807, 2.05) is 30.0 Å². The van der Waals surface area contributed by atoms with E-state index in [0.29, 0.717) is 12.4 Å². The molecular weight excluding hydrogens is 278 g/mol. The molecule has 0 aromatic carbocycles. The lowest BCUT2D eigenvalue weighted by Crippen LogP contribution is -2.30. The largest absolute Gasteiger partial charge is 0.344 e. The van der Waals surface area contributed by atoms with Crippen molar-refractivity contribution in [3.63, 3.8) is 0 Å². The minimum Gasteiger partial charge on any atom is -0.344 e. The fourth-order valence-electron chi connectivity index (χ4n) is 2.19. The number of carbonyl (C=O) groups is 1. The lowest BCUT2D eigenvalue weighted by atomic mass is 10.4. The van der Waals surface area contributed by atoms with Crippen LogP contribution in [0.1, 0.15) is 25.4 Å². The zero-order chi connectivity index (χ0) is 14.9. The first-order valence-electron chi connectivity index (χ1n) is 6.75. The molecule has 110 valence electrons. The molecule has 0 saturated heterocycles. The molecule has 0 radical (unpaired) electrons. The van der Waals surface area contributed by atoms with Gasteiger partial charge < -0.3 is 9.47 Å². The summed E-state index contributed by atoms with van der Waals surface area (Å²) in [5.41, 5.74) is 2.57. The Bertz CT molecular complexity index is 630. The third kappa shape index (κ3) is 2.40. The first-order chi connectivity index (χ1) is 9.53. The van der Waals surface area contributed by atoms with Gasteiger partial charge in [0.25, 0.3) is 0 Å². The second-order valence-corrected chi connectivity index (χ2v) is 5.00. The van der Waals surface area contributed by atoms with Crippen LogP contribution in [0.5, 0.6) is 0 Å². The summed E-state index contributed by atoms with van der Waals surface area (Å²) in [6.45, 7) is 7.54. The van der Waals surface area contributed by atoms with Crippen LogP contribution in [0.15, 0.2) is 0 Å². The van der Waals surface area contributed by atoms with Gasteiger partial charge in [0, 0.05) is 20.1 Å². The number of hydrogen-bond acceptors (Lipinski definition) is 3. The number of hydrogen-bond donors (Lipinski definition) is 0. The molecule has 1 amide bonds. The lowest BCUT2D eigenvalue weighted by molar-refractivity contribution is -0.130. The number of alkyl halides is 1. The van der Waals surface area contributed by atoms with Gasteiger partial charge in [0.1, 0.15) is 17.9 Å². The van der Waals surface area contributed by atoms with Crippen molar-refractivity contribution in [2.75, 3.05) is 13.6 Å². The monoisotopic (exact) mass is 297 g/mol. The number of fused-ring (bicyclic) bond motifs is 1. The first kappa shape index (κ1) is 14.8. The second-order valence-electron chi connectivity index (χ2n) is 4.73. The summed E-state index contributed by atoms with van der Waals surface area (Å²) in [6, 6.07) is 0. The maximum absolute atomic E-state index is 12.2. The van der Waals surface area contributed by atoms with Crippen LogP contribution < -0.4 is 0 Å². The topological polar surface area (TPSA) is 56.0 Å². The number of halogens is 1. The Morgan fingerprint density at radius 1 is 1.40 bits per heavy atom. The summed E-state index contributed by atoms with van der Waals surface area (Å²) in [5.74, 6) is 1.03. The zero-order valence-electron chi connectivity index (χ0n) is 12.4. The van der Waals surface area contributed by atoms with Crippen LogP contribution in [0.25, 0.3) is 11.2 Å². The molecule has 6 nitrogen and oxygen atoms in total. The average Bonchev–Trinajstić information content (AvgIpc) is 2.96. The maximum atomic E-state index is 12.2. The van der Waals surface area contributed by atoms with Gasteiger partial charge in [-0.3, -0.25) is 4.79 Å². The number of amides is 1. The molecule has 0 bridgehead atoms. The van der Waals surface area contributed by atoms with E-state index >= 15 is 0 Å². The number of likely N-dealkylation sites (N-methyl/N-ethyl adjacent to an activating group) is 1. The number of aryl methyl sites for hydroxylation is 2. The molecule has 2 aromatic rings. The maximum Gasteiger partial charge on any atom is 0.242 e. The molecule has 2 aromatic heterocycles. The van der Waals surface area contributed by atoms with Gasteiger partial charge in [0.15, 0.2) is 5.65 Å². The molecule has 0 aliphatic heterocycles. The molecule has 20 heavy (non-hydrogen) atoms. The van der Waals surface area contributed by atoms with Gasteiger partial charge in [0.2, 0.25) is 5.91 Å². The van der Waals surface area contributed by atoms with E-state index in [4.69, 9.17) is 11.6 Å². The number of nitrogens with zero attached hydrogens (tertiary/aromatic N) is 5. The highest BCUT2D eigenvalue weighted by atomic mass is 35.5. The number of imidazole rings is 1. The van der Waals surface area contributed by atoms with Gasteiger partial charge in [0.05, 0.1) is 11.6 Å². The summed E-state index contributed by atoms with van der Waals surface area (Å²) in [6.07, 6.45) is 0. The molecule has 0 unspecified atom stereocenters. The minimum atomic E-state index is 0.0414. The zero-order valence-corrected chi connectivity index (χ0v) is 13.1. The van der Waals surface area contributed by atoms with Crippen LogP contribution in [0.2, 0.25) is 0 Å². The molecule has 0 aliphatic rings. The van der Waals surface area contributed by atoms with Gasteiger partial charge in [-0.1, -0.05) is 0 Å². The third-order valence-corrected chi connectivity index (χ3v) is 3.73. The summed E-state index contributed by atoms with van der Waals surface area (Å²) in [7, 11) is 1.79. The Hall–Kier alpha value is -1.56. The molecule has 2 rings (SSSR count). The van der Waals surface area contributed by atoms with Crippen LogP contribution in [0.4, 0.5) is 0 Å². The van der Waals surface area contributed by atoms with Crippen molar-refractivity contribution in [2.24, 2.45) is 0 Å². The number of aromatic nitrogens is 4. The van der Waals surface area contributed by atoms with E-state index in [1.54, 1.807) is 11.9 Å². The SMILES string of the molecule is CCN(C)C(=O)Cn1c(CCl)nc2c(C)nn(CC)c21. The van der Waals surface area contributed by atoms with E-state index in [0.717, 1.165) is 23.4 Å². The predicted octanol–water partition coefficient (Wildman–Crippen LogP) is 1.78. The molecule has 2 heterocycles. The summed E-state index contributed by atoms with van der Waals surface area (Å²) in [4.78, 5) is 18.4. The first-order valence-corrected chi connectivity index (χ1v) is 7.29. The summed E-state index contributed by atoms with van der Waals surface area (Å²) < 4.78 is 3.74. The summed E-state index contributed by atoms with van der Waals surface area (Å²) >= 11 is 5.97. The minimum absolute atomic E-state index is 0.0414. The van der Waals surface area contributed by atoms with E-state index in [2.05, 4.69) is 10.1 Å². The molecule has 0 N–H and O–H groups in total. The highest BCUT2D eigenvalue weighted by Crippen LogP contribution is 2.21. The van der Waals surface area contributed by atoms with E-state index < -0.39 is 0 Å². The number of rotatable bonds is 5. The third-order valence-electron chi connectivity index (χ3n) is 3.49. The smallest absolute Gasteiger partial charge is 0.242 e. The van der Waals surface area contributed by atoms with Crippen molar-refractivity contribution in [1.29, 1.82) is 0 Å². The Morgan fingerprint density at radius 2 is 2.10 bits per heavy atom. The highest BCUT2D eigenvalue weighted by Gasteiger charge is 2.20. The standard InChI is InChI=1S/C13H20ClN5O/c1-5-17(4)11(20)8-18-10(7-14)15-12-9(3)16-19(6-2)13(12)18/h5-8H2,1-4H3. The van der Waals surface area contributed by atoms with Crippen molar-refractivity contribution in [3.05, 3.63) is 11.5 Å². The van der Waals surface area contributed by atoms with Gasteiger partial charge >= 0.3 is 0 Å². The molecule has 7 heteroatoms. The molecular formula is C13H20ClN5O. The van der Waals surface area contributed by atoms with E-state index in [1.165, 1.54) is 0 Å². The Kier molecular flexibility index (Phi) is 4.32. The Balaban J connectivity index is 2.52. The van der Waals surface area contributed by atoms with Crippen molar-refractivity contribution in [2.45, 2.75) is 39.7 Å². The quantitative estimate of drug-likeness (QED) is 0.791. The van der Waals surface area contributed by atoms with Crippen LogP contribution in [-0.2, 0) is 23.8 Å². The average molecular weight is 298 g/mol. The van der Waals surface area contributed by atoms with E-state index in [-0.39, 0.29) is 18.3 Å². The van der Waals surface area contributed by atoms with Crippen LogP contribution >= 0.6 is 11.6 Å². The van der Waals surface area contributed by atoms with Gasteiger partial charge in [-0.05, 0) is 20.8 Å². The van der Waals surface area contributed by atoms with Crippen molar-refractivity contribution in [3.8, 4) is 0 Å². The summed E-state index contributed by atoms with van der Waals surface area (Å²) in [5, 5.41) is 4.44. The molecule has 0 saturated carbocycles. The second kappa shape index (κ2) is 5.83. The van der Waals surface area contributed by atoms with E-state index in [9.17, 15) is 4.79 Å².